The van der Waals surface area contributed by atoms with E-state index in [0.29, 0.717) is 5.95 Å². The van der Waals surface area contributed by atoms with E-state index in [1.807, 2.05) is 31.7 Å². The molecule has 0 unspecified atom stereocenters. The number of hydrogen-bond acceptors (Lipinski definition) is 7. The molecule has 0 aliphatic carbocycles. The van der Waals surface area contributed by atoms with Gasteiger partial charge in [0.25, 0.3) is 0 Å². The number of aromatic nitrogens is 6. The lowest BCUT2D eigenvalue weighted by atomic mass is 9.87. The van der Waals surface area contributed by atoms with Gasteiger partial charge in [-0.25, -0.2) is 19.3 Å². The number of hydrogen-bond donors (Lipinski definition) is 2. The van der Waals surface area contributed by atoms with Crippen LogP contribution in [0.4, 0.5) is 16.2 Å². The van der Waals surface area contributed by atoms with E-state index < -0.39 is 5.54 Å². The molecule has 6 rings (SSSR count). The van der Waals surface area contributed by atoms with Gasteiger partial charge in [0.2, 0.25) is 5.95 Å². The summed E-state index contributed by atoms with van der Waals surface area (Å²) in [6, 6.07) is 8.36. The maximum Gasteiger partial charge on any atom is 0.225 e. The lowest BCUT2D eigenvalue weighted by Crippen LogP contribution is -2.47. The number of halogens is 1. The van der Waals surface area contributed by atoms with Crippen molar-refractivity contribution < 1.29 is 4.39 Å². The topological polar surface area (TPSA) is 104 Å². The molecule has 182 valence electrons. The summed E-state index contributed by atoms with van der Waals surface area (Å²) < 4.78 is 15.4. The lowest BCUT2D eigenvalue weighted by Gasteiger charge is -2.35. The molecular formula is C26H26FN9. The zero-order valence-corrected chi connectivity index (χ0v) is 19.8. The molecule has 1 aliphatic heterocycles. The molecule has 1 atom stereocenters. The highest BCUT2D eigenvalue weighted by molar-refractivity contribution is 5.77. The molecule has 1 fully saturated rings. The third-order valence-electron chi connectivity index (χ3n) is 6.88. The van der Waals surface area contributed by atoms with E-state index in [0.717, 1.165) is 59.8 Å². The van der Waals surface area contributed by atoms with Crippen molar-refractivity contribution in [2.75, 3.05) is 36.0 Å². The molecule has 0 spiro atoms. The monoisotopic (exact) mass is 483 g/mol. The van der Waals surface area contributed by atoms with Gasteiger partial charge in [-0.2, -0.15) is 5.10 Å². The smallest absolute Gasteiger partial charge is 0.225 e. The second-order valence-electron chi connectivity index (χ2n) is 9.21. The molecule has 1 aliphatic rings. The van der Waals surface area contributed by atoms with Gasteiger partial charge >= 0.3 is 0 Å². The Morgan fingerprint density at radius 2 is 1.64 bits per heavy atom. The molecule has 0 radical (unpaired) electrons. The lowest BCUT2D eigenvalue weighted by molar-refractivity contribution is 0.585. The first kappa shape index (κ1) is 22.2. The quantitative estimate of drug-likeness (QED) is 0.396. The first-order valence-electron chi connectivity index (χ1n) is 11.8. The number of anilines is 2. The van der Waals surface area contributed by atoms with E-state index in [2.05, 4.69) is 46.6 Å². The summed E-state index contributed by atoms with van der Waals surface area (Å²) in [5.74, 6) is 1.34. The van der Waals surface area contributed by atoms with E-state index >= 15 is 0 Å². The van der Waals surface area contributed by atoms with Gasteiger partial charge in [0.05, 0.1) is 17.3 Å². The number of nitrogens with two attached hydrogens (primary N) is 1. The SMILES string of the molecule is C[C@](N)(c1ccc(F)cc1)c1cnc(N2CCN(c3nccn4cc(-c5cn[nH]c5)cc34)CC2)nc1. The Bertz CT molecular complexity index is 1470. The van der Waals surface area contributed by atoms with Gasteiger partial charge in [-0.3, -0.25) is 5.10 Å². The van der Waals surface area contributed by atoms with Gasteiger partial charge < -0.3 is 19.9 Å². The highest BCUT2D eigenvalue weighted by Crippen LogP contribution is 2.29. The number of nitrogens with one attached hydrogen (secondary N) is 1. The Morgan fingerprint density at radius 3 is 2.33 bits per heavy atom. The maximum absolute atomic E-state index is 13.3. The van der Waals surface area contributed by atoms with Crippen LogP contribution >= 0.6 is 0 Å². The predicted molar refractivity (Wildman–Crippen MR) is 136 cm³/mol. The van der Waals surface area contributed by atoms with Crippen LogP contribution in [0.5, 0.6) is 0 Å². The molecule has 0 amide bonds. The van der Waals surface area contributed by atoms with Crippen molar-refractivity contribution in [3.05, 3.63) is 90.7 Å². The van der Waals surface area contributed by atoms with E-state index in [4.69, 9.17) is 10.7 Å². The van der Waals surface area contributed by atoms with Crippen molar-refractivity contribution in [3.63, 3.8) is 0 Å². The van der Waals surface area contributed by atoms with Gasteiger partial charge in [-0.1, -0.05) is 12.1 Å². The Morgan fingerprint density at radius 1 is 0.917 bits per heavy atom. The zero-order chi connectivity index (χ0) is 24.7. The molecule has 9 nitrogen and oxygen atoms in total. The molecule has 5 heterocycles. The summed E-state index contributed by atoms with van der Waals surface area (Å²) >= 11 is 0. The second-order valence-corrected chi connectivity index (χ2v) is 9.21. The molecule has 4 aromatic heterocycles. The van der Waals surface area contributed by atoms with Crippen molar-refractivity contribution in [1.82, 2.24) is 29.5 Å². The first-order valence-corrected chi connectivity index (χ1v) is 11.8. The highest BCUT2D eigenvalue weighted by atomic mass is 19.1. The fraction of sp³-hybridized carbons (Fsp3) is 0.231. The normalized spacial score (nSPS) is 15.9. The first-order chi connectivity index (χ1) is 17.5. The second kappa shape index (κ2) is 8.72. The fourth-order valence-corrected chi connectivity index (χ4v) is 4.67. The van der Waals surface area contributed by atoms with Crippen molar-refractivity contribution in [3.8, 4) is 11.1 Å². The minimum Gasteiger partial charge on any atom is -0.351 e. The molecular weight excluding hydrogens is 457 g/mol. The molecule has 0 bridgehead atoms. The van der Waals surface area contributed by atoms with Crippen molar-refractivity contribution in [1.29, 1.82) is 0 Å². The number of benzene rings is 1. The summed E-state index contributed by atoms with van der Waals surface area (Å²) in [6.07, 6.45) is 13.1. The van der Waals surface area contributed by atoms with Crippen molar-refractivity contribution in [2.24, 2.45) is 5.73 Å². The summed E-state index contributed by atoms with van der Waals surface area (Å²) in [4.78, 5) is 18.4. The minimum absolute atomic E-state index is 0.290. The van der Waals surface area contributed by atoms with Gasteiger partial charge in [0.1, 0.15) is 5.82 Å². The summed E-state index contributed by atoms with van der Waals surface area (Å²) in [5, 5.41) is 6.93. The van der Waals surface area contributed by atoms with Crippen LogP contribution in [0.25, 0.3) is 16.6 Å². The largest absolute Gasteiger partial charge is 0.351 e. The predicted octanol–water partition coefficient (Wildman–Crippen LogP) is 3.20. The van der Waals surface area contributed by atoms with Crippen LogP contribution in [0, 0.1) is 5.82 Å². The average molecular weight is 484 g/mol. The van der Waals surface area contributed by atoms with E-state index in [-0.39, 0.29) is 5.82 Å². The van der Waals surface area contributed by atoms with Crippen LogP contribution in [0.2, 0.25) is 0 Å². The number of piperazine rings is 1. The fourth-order valence-electron chi connectivity index (χ4n) is 4.67. The third kappa shape index (κ3) is 3.95. The zero-order valence-electron chi connectivity index (χ0n) is 19.8. The Hall–Kier alpha value is -4.31. The summed E-state index contributed by atoms with van der Waals surface area (Å²) in [5.41, 5.74) is 10.5. The van der Waals surface area contributed by atoms with E-state index in [1.165, 1.54) is 12.1 Å². The van der Waals surface area contributed by atoms with E-state index in [9.17, 15) is 4.39 Å². The van der Waals surface area contributed by atoms with Crippen LogP contribution < -0.4 is 15.5 Å². The third-order valence-corrected chi connectivity index (χ3v) is 6.88. The number of H-pyrrole nitrogens is 1. The van der Waals surface area contributed by atoms with Crippen molar-refractivity contribution >= 4 is 17.3 Å². The summed E-state index contributed by atoms with van der Waals surface area (Å²) in [6.45, 7) is 5.03. The van der Waals surface area contributed by atoms with E-state index in [1.54, 1.807) is 24.5 Å². The minimum atomic E-state index is -0.818. The Balaban J connectivity index is 1.17. The van der Waals surface area contributed by atoms with Crippen LogP contribution in [-0.4, -0.2) is 55.7 Å². The van der Waals surface area contributed by atoms with Crippen LogP contribution in [0.15, 0.2) is 73.7 Å². The number of rotatable bonds is 5. The molecule has 3 N–H and O–H groups in total. The molecule has 1 saturated heterocycles. The van der Waals surface area contributed by atoms with Crippen molar-refractivity contribution in [2.45, 2.75) is 12.5 Å². The highest BCUT2D eigenvalue weighted by Gasteiger charge is 2.26. The van der Waals surface area contributed by atoms with Gasteiger partial charge in [0, 0.05) is 80.1 Å². The number of aromatic amines is 1. The number of fused-ring (bicyclic) bond motifs is 1. The van der Waals surface area contributed by atoms with Crippen LogP contribution in [-0.2, 0) is 5.54 Å². The molecule has 5 aromatic rings. The van der Waals surface area contributed by atoms with Crippen LogP contribution in [0.3, 0.4) is 0 Å². The van der Waals surface area contributed by atoms with Crippen LogP contribution in [0.1, 0.15) is 18.1 Å². The van der Waals surface area contributed by atoms with Gasteiger partial charge in [-0.05, 0) is 30.7 Å². The Kier molecular flexibility index (Phi) is 5.37. The van der Waals surface area contributed by atoms with Gasteiger partial charge in [-0.15, -0.1) is 0 Å². The molecule has 10 heteroatoms. The number of nitrogens with zero attached hydrogens (tertiary/aromatic N) is 7. The molecule has 1 aromatic carbocycles. The Labute approximate surface area is 207 Å². The standard InChI is InChI=1S/C26H26FN9/c1-26(28,20-2-4-22(27)5-3-20)21-15-30-25(31-16-21)35-10-8-34(9-11-35)24-23-12-18(19-13-32-33-14-19)17-36(23)7-6-29-24/h2-7,12-17H,8-11,28H2,1H3,(H,32,33)/t26-/m0/s1. The van der Waals surface area contributed by atoms with Gasteiger partial charge in [0.15, 0.2) is 5.82 Å². The molecule has 36 heavy (non-hydrogen) atoms. The maximum atomic E-state index is 13.3. The molecule has 0 saturated carbocycles. The average Bonchev–Trinajstić information content (AvgIpc) is 3.59. The summed E-state index contributed by atoms with van der Waals surface area (Å²) in [7, 11) is 0.